The third-order valence-corrected chi connectivity index (χ3v) is 5.43. The Balaban J connectivity index is 1.64. The average Bonchev–Trinajstić information content (AvgIpc) is 3.33. The number of aromatic amines is 1. The van der Waals surface area contributed by atoms with Crippen molar-refractivity contribution in [3.63, 3.8) is 0 Å². The number of nitrogens with zero attached hydrogens (tertiary/aromatic N) is 1. The standard InChI is InChI=1S/C19H24N4O4S/c20-13(8-11-9-21-14-5-2-1-4-12(11)14)17(24)22-15(10-28)18(25)23-7-3-6-16(23)19(26)27/h1-2,4-5,9,13,15-16,21,28H,3,6-8,10,20H2,(H,22,24)(H,26,27). The molecule has 1 aliphatic heterocycles. The molecule has 2 amide bonds. The number of rotatable bonds is 7. The number of carbonyl (C=O) groups excluding carboxylic acids is 2. The maximum absolute atomic E-state index is 12.7. The van der Waals surface area contributed by atoms with Gasteiger partial charge in [0.05, 0.1) is 6.04 Å². The molecule has 3 atom stereocenters. The topological polar surface area (TPSA) is 129 Å². The van der Waals surface area contributed by atoms with E-state index in [1.807, 2.05) is 30.5 Å². The molecule has 0 radical (unpaired) electrons. The highest BCUT2D eigenvalue weighted by Crippen LogP contribution is 2.20. The predicted molar refractivity (Wildman–Crippen MR) is 108 cm³/mol. The Hall–Kier alpha value is -2.52. The normalized spacial score (nSPS) is 18.8. The number of fused-ring (bicyclic) bond motifs is 1. The van der Waals surface area contributed by atoms with Gasteiger partial charge in [0.15, 0.2) is 0 Å². The number of carboxylic acids is 1. The lowest BCUT2D eigenvalue weighted by molar-refractivity contribution is -0.149. The number of amides is 2. The molecule has 0 aliphatic carbocycles. The molecule has 9 heteroatoms. The van der Waals surface area contributed by atoms with Gasteiger partial charge in [0.1, 0.15) is 12.1 Å². The first kappa shape index (κ1) is 20.2. The molecule has 8 nitrogen and oxygen atoms in total. The van der Waals surface area contributed by atoms with E-state index in [-0.39, 0.29) is 5.75 Å². The van der Waals surface area contributed by atoms with Crippen molar-refractivity contribution in [1.82, 2.24) is 15.2 Å². The lowest BCUT2D eigenvalue weighted by Crippen LogP contribution is -2.55. The summed E-state index contributed by atoms with van der Waals surface area (Å²) in [5.41, 5.74) is 7.94. The first-order valence-electron chi connectivity index (χ1n) is 9.17. The van der Waals surface area contributed by atoms with E-state index < -0.39 is 35.9 Å². The maximum atomic E-state index is 12.7. The summed E-state index contributed by atoms with van der Waals surface area (Å²) in [6.45, 7) is 0.358. The monoisotopic (exact) mass is 404 g/mol. The van der Waals surface area contributed by atoms with Gasteiger partial charge in [-0.15, -0.1) is 0 Å². The summed E-state index contributed by atoms with van der Waals surface area (Å²) < 4.78 is 0. The summed E-state index contributed by atoms with van der Waals surface area (Å²) in [5.74, 6) is -1.88. The quantitative estimate of drug-likeness (QED) is 0.430. The van der Waals surface area contributed by atoms with Crippen molar-refractivity contribution < 1.29 is 19.5 Å². The highest BCUT2D eigenvalue weighted by Gasteiger charge is 2.37. The van der Waals surface area contributed by atoms with E-state index in [1.165, 1.54) is 4.90 Å². The van der Waals surface area contributed by atoms with E-state index in [1.54, 1.807) is 0 Å². The first-order valence-corrected chi connectivity index (χ1v) is 9.80. The van der Waals surface area contributed by atoms with Crippen LogP contribution in [-0.4, -0.2) is 63.2 Å². The van der Waals surface area contributed by atoms with E-state index in [2.05, 4.69) is 22.9 Å². The van der Waals surface area contributed by atoms with Crippen molar-refractivity contribution in [1.29, 1.82) is 0 Å². The highest BCUT2D eigenvalue weighted by atomic mass is 32.1. The van der Waals surface area contributed by atoms with Crippen LogP contribution in [-0.2, 0) is 20.8 Å². The Morgan fingerprint density at radius 1 is 1.36 bits per heavy atom. The number of aromatic nitrogens is 1. The smallest absolute Gasteiger partial charge is 0.326 e. The minimum Gasteiger partial charge on any atom is -0.480 e. The molecule has 0 saturated carbocycles. The number of aliphatic carboxylic acids is 1. The minimum atomic E-state index is -1.04. The van der Waals surface area contributed by atoms with Gasteiger partial charge in [-0.05, 0) is 30.9 Å². The zero-order valence-electron chi connectivity index (χ0n) is 15.3. The fraction of sp³-hybridized carbons (Fsp3) is 0.421. The minimum absolute atomic E-state index is 0.0627. The zero-order valence-corrected chi connectivity index (χ0v) is 16.2. The Bertz CT molecular complexity index is 884. The number of para-hydroxylation sites is 1. The summed E-state index contributed by atoms with van der Waals surface area (Å²) in [6.07, 6.45) is 3.16. The maximum Gasteiger partial charge on any atom is 0.326 e. The third-order valence-electron chi connectivity index (χ3n) is 5.07. The van der Waals surface area contributed by atoms with Crippen LogP contribution in [0.25, 0.3) is 10.9 Å². The molecule has 3 rings (SSSR count). The molecule has 28 heavy (non-hydrogen) atoms. The number of carbonyl (C=O) groups is 3. The molecule has 2 heterocycles. The third kappa shape index (κ3) is 4.15. The molecule has 1 fully saturated rings. The summed E-state index contributed by atoms with van der Waals surface area (Å²) in [4.78, 5) is 41.0. The Kier molecular flexibility index (Phi) is 6.25. The van der Waals surface area contributed by atoms with Gasteiger partial charge < -0.3 is 26.0 Å². The highest BCUT2D eigenvalue weighted by molar-refractivity contribution is 7.80. The Morgan fingerprint density at radius 2 is 2.11 bits per heavy atom. The number of nitrogens with one attached hydrogen (secondary N) is 2. The van der Waals surface area contributed by atoms with E-state index in [4.69, 9.17) is 5.73 Å². The second-order valence-electron chi connectivity index (χ2n) is 6.94. The van der Waals surface area contributed by atoms with Crippen LogP contribution in [0.1, 0.15) is 18.4 Å². The van der Waals surface area contributed by atoms with Crippen molar-refractivity contribution in [3.05, 3.63) is 36.0 Å². The summed E-state index contributed by atoms with van der Waals surface area (Å²) >= 11 is 4.15. The van der Waals surface area contributed by atoms with Crippen LogP contribution in [0, 0.1) is 0 Å². The van der Waals surface area contributed by atoms with Gasteiger partial charge in [-0.1, -0.05) is 18.2 Å². The number of thiol groups is 1. The Morgan fingerprint density at radius 3 is 2.82 bits per heavy atom. The molecule has 3 unspecified atom stereocenters. The Labute approximate surface area is 167 Å². The SMILES string of the molecule is NC(Cc1c[nH]c2ccccc12)C(=O)NC(CS)C(=O)N1CCCC1C(=O)O. The second-order valence-corrected chi connectivity index (χ2v) is 7.31. The van der Waals surface area contributed by atoms with Crippen LogP contribution in [0.15, 0.2) is 30.5 Å². The molecule has 0 spiro atoms. The van der Waals surface area contributed by atoms with Crippen LogP contribution in [0.4, 0.5) is 0 Å². The largest absolute Gasteiger partial charge is 0.480 e. The van der Waals surface area contributed by atoms with Gasteiger partial charge >= 0.3 is 5.97 Å². The predicted octanol–water partition coefficient (Wildman–Crippen LogP) is 0.528. The number of hydrogen-bond acceptors (Lipinski definition) is 5. The fourth-order valence-electron chi connectivity index (χ4n) is 3.58. The van der Waals surface area contributed by atoms with Crippen molar-refractivity contribution >= 4 is 41.3 Å². The molecule has 1 saturated heterocycles. The van der Waals surface area contributed by atoms with Crippen LogP contribution in [0.3, 0.4) is 0 Å². The number of carboxylic acid groups (broad SMARTS) is 1. The van der Waals surface area contributed by atoms with Crippen LogP contribution >= 0.6 is 12.6 Å². The van der Waals surface area contributed by atoms with Gasteiger partial charge in [0.2, 0.25) is 11.8 Å². The number of benzene rings is 1. The molecule has 1 aliphatic rings. The number of likely N-dealkylation sites (tertiary alicyclic amines) is 1. The molecule has 1 aromatic heterocycles. The fourth-order valence-corrected chi connectivity index (χ4v) is 3.83. The van der Waals surface area contributed by atoms with Crippen molar-refractivity contribution in [3.8, 4) is 0 Å². The van der Waals surface area contributed by atoms with Crippen LogP contribution in [0.2, 0.25) is 0 Å². The molecule has 150 valence electrons. The molecular weight excluding hydrogens is 380 g/mol. The van der Waals surface area contributed by atoms with Crippen molar-refractivity contribution in [2.75, 3.05) is 12.3 Å². The van der Waals surface area contributed by atoms with E-state index in [0.29, 0.717) is 25.8 Å². The average molecular weight is 404 g/mol. The van der Waals surface area contributed by atoms with Crippen LogP contribution in [0.5, 0.6) is 0 Å². The first-order chi connectivity index (χ1) is 13.4. The molecule has 0 bridgehead atoms. The van der Waals surface area contributed by atoms with Gasteiger partial charge in [-0.2, -0.15) is 12.6 Å². The van der Waals surface area contributed by atoms with E-state index in [9.17, 15) is 19.5 Å². The number of hydrogen-bond donors (Lipinski definition) is 5. The molecule has 5 N–H and O–H groups in total. The number of H-pyrrole nitrogens is 1. The van der Waals surface area contributed by atoms with Gasteiger partial charge in [-0.3, -0.25) is 9.59 Å². The van der Waals surface area contributed by atoms with Gasteiger partial charge in [0, 0.05) is 29.4 Å². The summed E-state index contributed by atoms with van der Waals surface area (Å²) in [6, 6.07) is 5.11. The lowest BCUT2D eigenvalue weighted by atomic mass is 10.0. The van der Waals surface area contributed by atoms with Gasteiger partial charge in [-0.25, -0.2) is 4.79 Å². The van der Waals surface area contributed by atoms with Crippen molar-refractivity contribution in [2.24, 2.45) is 5.73 Å². The van der Waals surface area contributed by atoms with Gasteiger partial charge in [0.25, 0.3) is 0 Å². The second kappa shape index (κ2) is 8.66. The van der Waals surface area contributed by atoms with Crippen molar-refractivity contribution in [2.45, 2.75) is 37.4 Å². The molecular formula is C19H24N4O4S. The van der Waals surface area contributed by atoms with E-state index >= 15 is 0 Å². The van der Waals surface area contributed by atoms with E-state index in [0.717, 1.165) is 16.5 Å². The summed E-state index contributed by atoms with van der Waals surface area (Å²) in [7, 11) is 0. The number of nitrogens with two attached hydrogens (primary N) is 1. The summed E-state index contributed by atoms with van der Waals surface area (Å²) in [5, 5.41) is 12.9. The zero-order chi connectivity index (χ0) is 20.3. The van der Waals surface area contributed by atoms with Crippen LogP contribution < -0.4 is 11.1 Å². The molecule has 2 aromatic rings. The lowest BCUT2D eigenvalue weighted by Gasteiger charge is -2.27. The molecule has 1 aromatic carbocycles.